The van der Waals surface area contributed by atoms with Crippen LogP contribution in [0.4, 0.5) is 0 Å². The number of likely N-dealkylation sites (tertiary alicyclic amines) is 1. The molecule has 3 heterocycles. The number of sulfone groups is 1. The molecular weight excluding hydrogens is 418 g/mol. The molecule has 10 heteroatoms. The Morgan fingerprint density at radius 1 is 1.23 bits per heavy atom. The lowest BCUT2D eigenvalue weighted by Crippen LogP contribution is -2.38. The van der Waals surface area contributed by atoms with Crippen molar-refractivity contribution in [3.05, 3.63) is 60.7 Å². The molecule has 1 fully saturated rings. The van der Waals surface area contributed by atoms with Crippen molar-refractivity contribution in [2.45, 2.75) is 23.7 Å². The highest BCUT2D eigenvalue weighted by Crippen LogP contribution is 2.32. The maximum atomic E-state index is 12.9. The van der Waals surface area contributed by atoms with E-state index < -0.39 is 9.84 Å². The van der Waals surface area contributed by atoms with Gasteiger partial charge < -0.3 is 9.64 Å². The lowest BCUT2D eigenvalue weighted by Gasteiger charge is -2.32. The van der Waals surface area contributed by atoms with Crippen molar-refractivity contribution in [2.75, 3.05) is 26.0 Å². The summed E-state index contributed by atoms with van der Waals surface area (Å²) in [6.07, 6.45) is 6.77. The van der Waals surface area contributed by atoms with E-state index >= 15 is 0 Å². The molecule has 4 rings (SSSR count). The molecule has 162 valence electrons. The number of carbonyl (C=O) groups excluding carboxylic acids is 1. The molecule has 0 N–H and O–H groups in total. The zero-order valence-corrected chi connectivity index (χ0v) is 18.0. The van der Waals surface area contributed by atoms with Gasteiger partial charge in [0, 0.05) is 30.8 Å². The third-order valence-electron chi connectivity index (χ3n) is 5.35. The largest absolute Gasteiger partial charge is 0.490 e. The van der Waals surface area contributed by atoms with E-state index in [0.717, 1.165) is 6.26 Å². The Bertz CT molecular complexity index is 1210. The summed E-state index contributed by atoms with van der Waals surface area (Å²) in [7, 11) is -3.49. The Labute approximate surface area is 180 Å². The Hall–Kier alpha value is -3.27. The first-order valence-electron chi connectivity index (χ1n) is 9.90. The van der Waals surface area contributed by atoms with Gasteiger partial charge in [0.1, 0.15) is 23.6 Å². The molecule has 9 nitrogen and oxygen atoms in total. The number of nitrogens with zero attached hydrogens (tertiary/aromatic N) is 5. The van der Waals surface area contributed by atoms with E-state index in [1.165, 1.54) is 17.0 Å². The number of carbonyl (C=O) groups is 1. The van der Waals surface area contributed by atoms with E-state index in [1.807, 2.05) is 0 Å². The average molecular weight is 442 g/mol. The average Bonchev–Trinajstić information content (AvgIpc) is 3.25. The smallest absolute Gasteiger partial charge is 0.253 e. The van der Waals surface area contributed by atoms with Crippen LogP contribution in [0.3, 0.4) is 0 Å². The highest BCUT2D eigenvalue weighted by Gasteiger charge is 2.30. The fourth-order valence-corrected chi connectivity index (χ4v) is 4.70. The van der Waals surface area contributed by atoms with Crippen LogP contribution in [0.15, 0.2) is 54.3 Å². The van der Waals surface area contributed by atoms with E-state index in [9.17, 15) is 13.2 Å². The lowest BCUT2D eigenvalue weighted by atomic mass is 9.92. The third-order valence-corrected chi connectivity index (χ3v) is 6.46. The van der Waals surface area contributed by atoms with Gasteiger partial charge in [0.15, 0.2) is 9.84 Å². The van der Waals surface area contributed by atoms with Gasteiger partial charge in [0.2, 0.25) is 0 Å². The van der Waals surface area contributed by atoms with Crippen LogP contribution in [-0.2, 0) is 9.84 Å². The number of aromatic nitrogens is 4. The molecule has 2 aromatic heterocycles. The Morgan fingerprint density at radius 3 is 2.58 bits per heavy atom. The number of rotatable bonds is 6. The van der Waals surface area contributed by atoms with Gasteiger partial charge in [-0.25, -0.2) is 13.4 Å². The van der Waals surface area contributed by atoms with Crippen LogP contribution >= 0.6 is 0 Å². The van der Waals surface area contributed by atoms with E-state index in [0.29, 0.717) is 55.3 Å². The lowest BCUT2D eigenvalue weighted by molar-refractivity contribution is 0.0711. The zero-order valence-electron chi connectivity index (χ0n) is 17.1. The van der Waals surface area contributed by atoms with E-state index in [4.69, 9.17) is 4.74 Å². The number of hydrogen-bond acceptors (Lipinski definition) is 7. The van der Waals surface area contributed by atoms with Crippen LogP contribution in [0.2, 0.25) is 0 Å². The van der Waals surface area contributed by atoms with Crippen LogP contribution in [-0.4, -0.2) is 64.8 Å². The molecule has 0 radical (unpaired) electrons. The van der Waals surface area contributed by atoms with Gasteiger partial charge in [0.25, 0.3) is 11.7 Å². The van der Waals surface area contributed by atoms with E-state index in [1.54, 1.807) is 35.2 Å². The summed E-state index contributed by atoms with van der Waals surface area (Å²) in [6, 6.07) is 7.02. The number of benzene rings is 1. The molecule has 1 aromatic carbocycles. The maximum Gasteiger partial charge on any atom is 0.253 e. The SMILES string of the molecule is C=CCOc1ccc(C(=O)N2CCC(c3c(S(C)(=O)=O)cnc4ncnn34)CC2)cc1. The third kappa shape index (κ3) is 4.29. The summed E-state index contributed by atoms with van der Waals surface area (Å²) in [4.78, 5) is 23.0. The topological polar surface area (TPSA) is 107 Å². The van der Waals surface area contributed by atoms with Crippen molar-refractivity contribution < 1.29 is 17.9 Å². The number of hydrogen-bond donors (Lipinski definition) is 0. The minimum absolute atomic E-state index is 0.0577. The van der Waals surface area contributed by atoms with Crippen LogP contribution in [0.1, 0.15) is 34.8 Å². The van der Waals surface area contributed by atoms with Gasteiger partial charge in [-0.15, -0.1) is 0 Å². The fraction of sp³-hybridized carbons (Fsp3) is 0.333. The van der Waals surface area contributed by atoms with Crippen molar-refractivity contribution in [1.29, 1.82) is 0 Å². The van der Waals surface area contributed by atoms with Crippen molar-refractivity contribution in [3.8, 4) is 5.75 Å². The zero-order chi connectivity index (χ0) is 22.0. The molecule has 3 aromatic rings. The van der Waals surface area contributed by atoms with Crippen molar-refractivity contribution in [1.82, 2.24) is 24.5 Å². The molecular formula is C21H23N5O4S. The molecule has 0 spiro atoms. The molecule has 1 aliphatic rings. The Morgan fingerprint density at radius 2 is 1.94 bits per heavy atom. The molecule has 0 saturated carbocycles. The molecule has 0 atom stereocenters. The summed E-state index contributed by atoms with van der Waals surface area (Å²) >= 11 is 0. The number of piperidine rings is 1. The summed E-state index contributed by atoms with van der Waals surface area (Å²) < 4.78 is 31.6. The van der Waals surface area contributed by atoms with Crippen LogP contribution in [0.5, 0.6) is 5.75 Å². The first-order valence-corrected chi connectivity index (χ1v) is 11.8. The van der Waals surface area contributed by atoms with E-state index in [2.05, 4.69) is 21.6 Å². The summed E-state index contributed by atoms with van der Waals surface area (Å²) in [5.41, 5.74) is 1.17. The van der Waals surface area contributed by atoms with E-state index in [-0.39, 0.29) is 16.7 Å². The van der Waals surface area contributed by atoms with Crippen LogP contribution < -0.4 is 4.74 Å². The maximum absolute atomic E-state index is 12.9. The number of ether oxygens (including phenoxy) is 1. The van der Waals surface area contributed by atoms with Crippen LogP contribution in [0.25, 0.3) is 5.78 Å². The Balaban J connectivity index is 1.51. The molecule has 31 heavy (non-hydrogen) atoms. The molecule has 0 aliphatic carbocycles. The van der Waals surface area contributed by atoms with Gasteiger partial charge in [-0.05, 0) is 37.1 Å². The predicted molar refractivity (Wildman–Crippen MR) is 114 cm³/mol. The van der Waals surface area contributed by atoms with Crippen molar-refractivity contribution in [2.24, 2.45) is 0 Å². The monoisotopic (exact) mass is 441 g/mol. The quantitative estimate of drug-likeness (QED) is 0.539. The molecule has 1 aliphatic heterocycles. The molecule has 0 bridgehead atoms. The summed E-state index contributed by atoms with van der Waals surface area (Å²) in [5.74, 6) is 0.908. The van der Waals surface area contributed by atoms with Gasteiger partial charge in [-0.2, -0.15) is 14.6 Å². The fourth-order valence-electron chi connectivity index (χ4n) is 3.83. The normalized spacial score (nSPS) is 15.2. The van der Waals surface area contributed by atoms with Gasteiger partial charge >= 0.3 is 0 Å². The minimum atomic E-state index is -3.49. The van der Waals surface area contributed by atoms with Crippen LogP contribution in [0, 0.1) is 0 Å². The second kappa shape index (κ2) is 8.46. The summed E-state index contributed by atoms with van der Waals surface area (Å²) in [6.45, 7) is 5.05. The number of amides is 1. The highest BCUT2D eigenvalue weighted by atomic mass is 32.2. The van der Waals surface area contributed by atoms with Crippen molar-refractivity contribution in [3.63, 3.8) is 0 Å². The Kier molecular flexibility index (Phi) is 5.73. The molecule has 1 amide bonds. The molecule has 0 unspecified atom stereocenters. The van der Waals surface area contributed by atoms with Crippen molar-refractivity contribution >= 4 is 21.5 Å². The van der Waals surface area contributed by atoms with Gasteiger partial charge in [-0.3, -0.25) is 4.79 Å². The second-order valence-corrected chi connectivity index (χ2v) is 9.43. The minimum Gasteiger partial charge on any atom is -0.490 e. The van der Waals surface area contributed by atoms with Gasteiger partial charge in [-0.1, -0.05) is 12.7 Å². The predicted octanol–water partition coefficient (Wildman–Crippen LogP) is 2.11. The highest BCUT2D eigenvalue weighted by molar-refractivity contribution is 7.90. The number of fused-ring (bicyclic) bond motifs is 1. The second-order valence-electron chi connectivity index (χ2n) is 7.44. The summed E-state index contributed by atoms with van der Waals surface area (Å²) in [5, 5.41) is 4.18. The molecule has 1 saturated heterocycles. The first kappa shape index (κ1) is 21.0. The standard InChI is InChI=1S/C21H23N5O4S/c1-3-12-30-17-6-4-16(5-7-17)20(27)25-10-8-15(9-11-25)19-18(31(2,28)29)13-22-21-23-14-24-26(19)21/h3-7,13-15H,1,8-12H2,2H3. The first-order chi connectivity index (χ1) is 14.9. The van der Waals surface area contributed by atoms with Gasteiger partial charge in [0.05, 0.1) is 11.9 Å².